The minimum atomic E-state index is -0.358. The molecule has 4 rings (SSSR count). The van der Waals surface area contributed by atoms with Crippen LogP contribution in [0.3, 0.4) is 0 Å². The van der Waals surface area contributed by atoms with E-state index in [9.17, 15) is 9.18 Å². The largest absolute Gasteiger partial charge is 0.462 e. The molecule has 124 valence electrons. The number of hydrogen-bond acceptors (Lipinski definition) is 3. The molecule has 1 aliphatic rings. The monoisotopic (exact) mass is 326 g/mol. The van der Waals surface area contributed by atoms with E-state index in [2.05, 4.69) is 0 Å². The quantitative estimate of drug-likeness (QED) is 0.673. The van der Waals surface area contributed by atoms with Gasteiger partial charge < -0.3 is 4.74 Å². The Balaban J connectivity index is 2.12. The number of nitrogens with zero attached hydrogens (tertiary/aromatic N) is 2. The maximum atomic E-state index is 13.7. The zero-order valence-corrected chi connectivity index (χ0v) is 13.8. The van der Waals surface area contributed by atoms with Crippen LogP contribution in [0, 0.1) is 5.82 Å². The molecule has 0 spiro atoms. The average Bonchev–Trinajstić information content (AvgIpc) is 3.33. The summed E-state index contributed by atoms with van der Waals surface area (Å²) in [5, 5.41) is 6.32. The molecule has 4 nitrogen and oxygen atoms in total. The minimum Gasteiger partial charge on any atom is -0.462 e. The predicted molar refractivity (Wildman–Crippen MR) is 90.0 cm³/mol. The second kappa shape index (κ2) is 5.58. The maximum Gasteiger partial charge on any atom is 0.342 e. The number of pyridine rings is 1. The highest BCUT2D eigenvalue weighted by atomic mass is 19.1. The molecule has 2 aromatic heterocycles. The number of aryl methyl sites for hydroxylation is 1. The van der Waals surface area contributed by atoms with Crippen molar-refractivity contribution >= 4 is 22.3 Å². The molecule has 0 N–H and O–H groups in total. The number of esters is 1. The Kier molecular flexibility index (Phi) is 3.52. The molecule has 1 fully saturated rings. The Morgan fingerprint density at radius 2 is 2.12 bits per heavy atom. The first kappa shape index (κ1) is 15.1. The van der Waals surface area contributed by atoms with Crippen LogP contribution >= 0.6 is 0 Å². The third-order valence-electron chi connectivity index (χ3n) is 4.58. The third-order valence-corrected chi connectivity index (χ3v) is 4.58. The van der Waals surface area contributed by atoms with Gasteiger partial charge in [0, 0.05) is 17.0 Å². The van der Waals surface area contributed by atoms with Gasteiger partial charge >= 0.3 is 5.97 Å². The number of rotatable bonds is 4. The second-order valence-electron chi connectivity index (χ2n) is 6.23. The molecule has 1 aliphatic carbocycles. The first-order chi connectivity index (χ1) is 11.6. The lowest BCUT2D eigenvalue weighted by molar-refractivity contribution is 0.0527. The predicted octanol–water partition coefficient (Wildman–Crippen LogP) is 4.24. The van der Waals surface area contributed by atoms with Gasteiger partial charge in [-0.1, -0.05) is 6.92 Å². The molecule has 24 heavy (non-hydrogen) atoms. The van der Waals surface area contributed by atoms with Crippen LogP contribution in [0.4, 0.5) is 4.39 Å². The lowest BCUT2D eigenvalue weighted by atomic mass is 10.0. The molecule has 2 heterocycles. The van der Waals surface area contributed by atoms with E-state index >= 15 is 0 Å². The molecule has 1 saturated carbocycles. The Hall–Kier alpha value is -2.43. The van der Waals surface area contributed by atoms with Crippen LogP contribution in [0.2, 0.25) is 0 Å². The first-order valence-electron chi connectivity index (χ1n) is 8.45. The Morgan fingerprint density at radius 1 is 1.33 bits per heavy atom. The fourth-order valence-corrected chi connectivity index (χ4v) is 3.32. The minimum absolute atomic E-state index is 0.276. The molecule has 5 heteroatoms. The number of carbonyl (C=O) groups excluding carboxylic acids is 1. The Bertz CT molecular complexity index is 957. The molecule has 0 radical (unpaired) electrons. The van der Waals surface area contributed by atoms with E-state index in [1.807, 2.05) is 17.5 Å². The van der Waals surface area contributed by atoms with E-state index < -0.39 is 0 Å². The van der Waals surface area contributed by atoms with E-state index in [1.54, 1.807) is 13.0 Å². The van der Waals surface area contributed by atoms with Crippen molar-refractivity contribution < 1.29 is 13.9 Å². The molecule has 0 saturated heterocycles. The molecular weight excluding hydrogens is 307 g/mol. The van der Waals surface area contributed by atoms with Crippen molar-refractivity contribution in [2.75, 3.05) is 6.61 Å². The maximum absolute atomic E-state index is 13.7. The van der Waals surface area contributed by atoms with Crippen molar-refractivity contribution in [1.29, 1.82) is 0 Å². The van der Waals surface area contributed by atoms with Crippen molar-refractivity contribution in [2.45, 2.75) is 39.0 Å². The summed E-state index contributed by atoms with van der Waals surface area (Å²) in [4.78, 5) is 12.6. The highest BCUT2D eigenvalue weighted by Crippen LogP contribution is 2.42. The molecule has 0 aliphatic heterocycles. The van der Waals surface area contributed by atoms with Crippen LogP contribution in [-0.2, 0) is 11.2 Å². The van der Waals surface area contributed by atoms with Gasteiger partial charge in [0.15, 0.2) is 0 Å². The van der Waals surface area contributed by atoms with Gasteiger partial charge in [-0.05, 0) is 55.8 Å². The smallest absolute Gasteiger partial charge is 0.342 e. The Morgan fingerprint density at radius 3 is 2.79 bits per heavy atom. The molecule has 3 aromatic rings. The van der Waals surface area contributed by atoms with Crippen LogP contribution in [-0.4, -0.2) is 22.2 Å². The van der Waals surface area contributed by atoms with Crippen molar-refractivity contribution in [2.24, 2.45) is 0 Å². The fraction of sp³-hybridized carbons (Fsp3) is 0.368. The van der Waals surface area contributed by atoms with Crippen LogP contribution in [0.5, 0.6) is 0 Å². The van der Waals surface area contributed by atoms with Crippen LogP contribution in [0.15, 0.2) is 24.3 Å². The van der Waals surface area contributed by atoms with Gasteiger partial charge in [0.05, 0.1) is 17.8 Å². The highest BCUT2D eigenvalue weighted by Gasteiger charge is 2.30. The van der Waals surface area contributed by atoms with Gasteiger partial charge in [0.25, 0.3) is 0 Å². The zero-order chi connectivity index (χ0) is 16.8. The summed E-state index contributed by atoms with van der Waals surface area (Å²) < 4.78 is 20.9. The number of hydrogen-bond donors (Lipinski definition) is 0. The second-order valence-corrected chi connectivity index (χ2v) is 6.23. The van der Waals surface area contributed by atoms with Crippen LogP contribution in [0.1, 0.15) is 54.4 Å². The number of halogens is 1. The molecule has 0 amide bonds. The molecule has 0 atom stereocenters. The number of benzene rings is 1. The summed E-state index contributed by atoms with van der Waals surface area (Å²) >= 11 is 0. The first-order valence-corrected chi connectivity index (χ1v) is 8.45. The van der Waals surface area contributed by atoms with Gasteiger partial charge in [-0.25, -0.2) is 13.7 Å². The SMILES string of the molecule is CCOC(=O)c1c(CC)nn2c(C3CC3)cc3cc(F)ccc3c12. The van der Waals surface area contributed by atoms with Gasteiger partial charge in [-0.2, -0.15) is 5.10 Å². The topological polar surface area (TPSA) is 43.6 Å². The van der Waals surface area contributed by atoms with Crippen molar-refractivity contribution in [3.8, 4) is 0 Å². The number of carbonyl (C=O) groups is 1. The van der Waals surface area contributed by atoms with Gasteiger partial charge in [0.1, 0.15) is 11.4 Å². The summed E-state index contributed by atoms with van der Waals surface area (Å²) in [5.74, 6) is -0.204. The summed E-state index contributed by atoms with van der Waals surface area (Å²) in [6.45, 7) is 4.08. The van der Waals surface area contributed by atoms with Gasteiger partial charge in [-0.15, -0.1) is 0 Å². The fourth-order valence-electron chi connectivity index (χ4n) is 3.32. The van der Waals surface area contributed by atoms with Crippen molar-refractivity contribution in [3.63, 3.8) is 0 Å². The number of ether oxygens (including phenoxy) is 1. The van der Waals surface area contributed by atoms with Crippen molar-refractivity contribution in [3.05, 3.63) is 47.0 Å². The number of fused-ring (bicyclic) bond motifs is 3. The summed E-state index contributed by atoms with van der Waals surface area (Å²) in [7, 11) is 0. The van der Waals surface area contributed by atoms with E-state index in [4.69, 9.17) is 9.84 Å². The van der Waals surface area contributed by atoms with E-state index in [0.29, 0.717) is 24.5 Å². The molecule has 1 aromatic carbocycles. The summed E-state index contributed by atoms with van der Waals surface area (Å²) in [5.41, 5.74) is 3.03. The van der Waals surface area contributed by atoms with E-state index in [0.717, 1.165) is 40.5 Å². The normalized spacial score (nSPS) is 14.5. The molecule has 0 bridgehead atoms. The Labute approximate surface area is 139 Å². The van der Waals surface area contributed by atoms with Crippen molar-refractivity contribution in [1.82, 2.24) is 9.61 Å². The van der Waals surface area contributed by atoms with E-state index in [1.165, 1.54) is 12.1 Å². The van der Waals surface area contributed by atoms with Gasteiger partial charge in [0.2, 0.25) is 0 Å². The van der Waals surface area contributed by atoms with Crippen LogP contribution in [0.25, 0.3) is 16.3 Å². The van der Waals surface area contributed by atoms with Crippen LogP contribution < -0.4 is 0 Å². The third kappa shape index (κ3) is 2.27. The standard InChI is InChI=1S/C19H19FN2O2/c1-3-15-17(19(23)24-4-2)18-14-8-7-13(20)9-12(14)10-16(11-5-6-11)22(18)21-15/h7-11H,3-6H2,1-2H3. The zero-order valence-electron chi connectivity index (χ0n) is 13.8. The van der Waals surface area contributed by atoms with Gasteiger partial charge in [-0.3, -0.25) is 0 Å². The lowest BCUT2D eigenvalue weighted by Crippen LogP contribution is -2.07. The lowest BCUT2D eigenvalue weighted by Gasteiger charge is -2.09. The summed E-state index contributed by atoms with van der Waals surface area (Å²) in [6, 6.07) is 6.67. The average molecular weight is 326 g/mol. The molecular formula is C19H19FN2O2. The van der Waals surface area contributed by atoms with E-state index in [-0.39, 0.29) is 11.8 Å². The molecule has 0 unspecified atom stereocenters. The highest BCUT2D eigenvalue weighted by molar-refractivity contribution is 6.08. The number of aromatic nitrogens is 2. The summed E-state index contributed by atoms with van der Waals surface area (Å²) in [6.07, 6.45) is 2.85.